The Bertz CT molecular complexity index is 600. The summed E-state index contributed by atoms with van der Waals surface area (Å²) in [6.07, 6.45) is 13.0. The SMILES string of the molecule is CCCNc1cn2ccnc2c(NCC2(SC)CCC2)n1. The van der Waals surface area contributed by atoms with E-state index in [1.807, 2.05) is 34.8 Å². The highest BCUT2D eigenvalue weighted by atomic mass is 32.2. The summed E-state index contributed by atoms with van der Waals surface area (Å²) in [5, 5.41) is 6.88. The maximum atomic E-state index is 4.69. The van der Waals surface area contributed by atoms with Gasteiger partial charge in [0.1, 0.15) is 5.82 Å². The number of hydrogen-bond acceptors (Lipinski definition) is 5. The van der Waals surface area contributed by atoms with E-state index in [9.17, 15) is 0 Å². The quantitative estimate of drug-likeness (QED) is 0.822. The molecule has 21 heavy (non-hydrogen) atoms. The van der Waals surface area contributed by atoms with E-state index in [1.54, 1.807) is 0 Å². The van der Waals surface area contributed by atoms with Crippen molar-refractivity contribution < 1.29 is 0 Å². The number of fused-ring (bicyclic) bond motifs is 1. The summed E-state index contributed by atoms with van der Waals surface area (Å²) in [5.74, 6) is 1.78. The van der Waals surface area contributed by atoms with Crippen LogP contribution in [0.2, 0.25) is 0 Å². The molecule has 0 amide bonds. The van der Waals surface area contributed by atoms with Gasteiger partial charge in [-0.05, 0) is 25.5 Å². The van der Waals surface area contributed by atoms with Crippen LogP contribution in [0.1, 0.15) is 32.6 Å². The fourth-order valence-electron chi connectivity index (χ4n) is 2.66. The summed E-state index contributed by atoms with van der Waals surface area (Å²) in [6, 6.07) is 0. The molecule has 6 heteroatoms. The molecule has 1 saturated carbocycles. The normalized spacial score (nSPS) is 16.7. The molecule has 0 unspecified atom stereocenters. The first-order chi connectivity index (χ1) is 10.3. The summed E-state index contributed by atoms with van der Waals surface area (Å²) in [4.78, 5) is 9.11. The van der Waals surface area contributed by atoms with E-state index in [1.165, 1.54) is 19.3 Å². The minimum absolute atomic E-state index is 0.387. The molecular formula is C15H23N5S. The summed E-state index contributed by atoms with van der Waals surface area (Å²) in [6.45, 7) is 4.04. The molecule has 1 aliphatic rings. The van der Waals surface area contributed by atoms with Gasteiger partial charge in [-0.15, -0.1) is 0 Å². The highest BCUT2D eigenvalue weighted by molar-refractivity contribution is 8.00. The molecule has 0 radical (unpaired) electrons. The van der Waals surface area contributed by atoms with Gasteiger partial charge in [0.05, 0.1) is 6.20 Å². The number of aromatic nitrogens is 3. The Labute approximate surface area is 129 Å². The zero-order valence-corrected chi connectivity index (χ0v) is 13.5. The predicted octanol–water partition coefficient (Wildman–Crippen LogP) is 3.25. The molecule has 2 N–H and O–H groups in total. The lowest BCUT2D eigenvalue weighted by Gasteiger charge is -2.40. The number of imidazole rings is 1. The zero-order chi connectivity index (χ0) is 14.7. The third-order valence-corrected chi connectivity index (χ3v) is 5.62. The Morgan fingerprint density at radius 1 is 1.38 bits per heavy atom. The van der Waals surface area contributed by atoms with E-state index in [0.717, 1.165) is 36.8 Å². The average Bonchev–Trinajstić information content (AvgIpc) is 2.92. The van der Waals surface area contributed by atoms with Gasteiger partial charge in [-0.2, -0.15) is 11.8 Å². The largest absolute Gasteiger partial charge is 0.369 e. The minimum atomic E-state index is 0.387. The van der Waals surface area contributed by atoms with Crippen LogP contribution >= 0.6 is 11.8 Å². The van der Waals surface area contributed by atoms with Crippen molar-refractivity contribution in [3.05, 3.63) is 18.6 Å². The fraction of sp³-hybridized carbons (Fsp3) is 0.600. The van der Waals surface area contributed by atoms with Crippen LogP contribution in [-0.4, -0.2) is 38.5 Å². The molecule has 0 bridgehead atoms. The van der Waals surface area contributed by atoms with Crippen molar-refractivity contribution >= 4 is 29.0 Å². The van der Waals surface area contributed by atoms with Crippen molar-refractivity contribution in [2.24, 2.45) is 0 Å². The molecule has 0 aromatic carbocycles. The van der Waals surface area contributed by atoms with E-state index < -0.39 is 0 Å². The standard InChI is InChI=1S/C15H23N5S/c1-3-7-16-12-10-20-9-8-17-14(20)13(19-12)18-11-15(21-2)5-4-6-15/h8-10,16H,3-7,11H2,1-2H3,(H,18,19). The van der Waals surface area contributed by atoms with Crippen LogP contribution < -0.4 is 10.6 Å². The summed E-state index contributed by atoms with van der Waals surface area (Å²) in [7, 11) is 0. The number of rotatable bonds is 7. The van der Waals surface area contributed by atoms with Gasteiger partial charge in [0.25, 0.3) is 0 Å². The van der Waals surface area contributed by atoms with E-state index >= 15 is 0 Å². The van der Waals surface area contributed by atoms with Crippen molar-refractivity contribution in [3.8, 4) is 0 Å². The van der Waals surface area contributed by atoms with Crippen LogP contribution in [0.3, 0.4) is 0 Å². The van der Waals surface area contributed by atoms with E-state index in [0.29, 0.717) is 4.75 Å². The van der Waals surface area contributed by atoms with Gasteiger partial charge < -0.3 is 15.0 Å². The summed E-state index contributed by atoms with van der Waals surface area (Å²) in [5.41, 5.74) is 0.896. The van der Waals surface area contributed by atoms with Crippen LogP contribution in [0.25, 0.3) is 5.65 Å². The van der Waals surface area contributed by atoms with Crippen LogP contribution in [0.5, 0.6) is 0 Å². The summed E-state index contributed by atoms with van der Waals surface area (Å²) >= 11 is 1.97. The molecular weight excluding hydrogens is 282 g/mol. The number of nitrogens with one attached hydrogen (secondary N) is 2. The molecule has 114 valence electrons. The Kier molecular flexibility index (Phi) is 4.24. The van der Waals surface area contributed by atoms with E-state index in [-0.39, 0.29) is 0 Å². The van der Waals surface area contributed by atoms with Gasteiger partial charge >= 0.3 is 0 Å². The second-order valence-corrected chi connectivity index (χ2v) is 6.93. The number of anilines is 2. The molecule has 2 aromatic rings. The molecule has 1 fully saturated rings. The minimum Gasteiger partial charge on any atom is -0.369 e. The van der Waals surface area contributed by atoms with Crippen LogP contribution in [0, 0.1) is 0 Å². The highest BCUT2D eigenvalue weighted by Crippen LogP contribution is 2.42. The third-order valence-electron chi connectivity index (χ3n) is 4.21. The molecule has 0 saturated heterocycles. The van der Waals surface area contributed by atoms with E-state index in [4.69, 9.17) is 4.98 Å². The maximum absolute atomic E-state index is 4.69. The van der Waals surface area contributed by atoms with Crippen molar-refractivity contribution in [3.63, 3.8) is 0 Å². The third kappa shape index (κ3) is 2.95. The fourth-order valence-corrected chi connectivity index (χ4v) is 3.57. The van der Waals surface area contributed by atoms with Gasteiger partial charge in [-0.25, -0.2) is 9.97 Å². The van der Waals surface area contributed by atoms with E-state index in [2.05, 4.69) is 28.8 Å². The second kappa shape index (κ2) is 6.13. The van der Waals surface area contributed by atoms with Gasteiger partial charge in [0.2, 0.25) is 0 Å². The van der Waals surface area contributed by atoms with Crippen molar-refractivity contribution in [1.29, 1.82) is 0 Å². The number of nitrogens with zero attached hydrogens (tertiary/aromatic N) is 3. The lowest BCUT2D eigenvalue weighted by atomic mass is 9.84. The maximum Gasteiger partial charge on any atom is 0.180 e. The Morgan fingerprint density at radius 3 is 2.90 bits per heavy atom. The van der Waals surface area contributed by atoms with Gasteiger partial charge in [-0.1, -0.05) is 13.3 Å². The van der Waals surface area contributed by atoms with Crippen molar-refractivity contribution in [1.82, 2.24) is 14.4 Å². The number of hydrogen-bond donors (Lipinski definition) is 2. The smallest absolute Gasteiger partial charge is 0.180 e. The lowest BCUT2D eigenvalue weighted by molar-refractivity contribution is 0.379. The first-order valence-corrected chi connectivity index (χ1v) is 8.85. The Morgan fingerprint density at radius 2 is 2.24 bits per heavy atom. The van der Waals surface area contributed by atoms with Gasteiger partial charge in [0, 0.05) is 30.2 Å². The molecule has 2 heterocycles. The predicted molar refractivity (Wildman–Crippen MR) is 90.4 cm³/mol. The topological polar surface area (TPSA) is 54.2 Å². The Hall–Kier alpha value is -1.43. The summed E-state index contributed by atoms with van der Waals surface area (Å²) < 4.78 is 2.41. The molecule has 0 atom stereocenters. The molecule has 3 rings (SSSR count). The van der Waals surface area contributed by atoms with Crippen LogP contribution in [0.4, 0.5) is 11.6 Å². The Balaban J connectivity index is 1.80. The number of thioether (sulfide) groups is 1. The zero-order valence-electron chi connectivity index (χ0n) is 12.7. The molecule has 1 aliphatic carbocycles. The van der Waals surface area contributed by atoms with Crippen molar-refractivity contribution in [2.75, 3.05) is 30.0 Å². The lowest BCUT2D eigenvalue weighted by Crippen LogP contribution is -2.40. The molecule has 2 aromatic heterocycles. The first kappa shape index (κ1) is 14.5. The molecule has 5 nitrogen and oxygen atoms in total. The molecule has 0 spiro atoms. The van der Waals surface area contributed by atoms with Crippen molar-refractivity contribution in [2.45, 2.75) is 37.4 Å². The van der Waals surface area contributed by atoms with Crippen LogP contribution in [-0.2, 0) is 0 Å². The average molecular weight is 305 g/mol. The van der Waals surface area contributed by atoms with Gasteiger partial charge in [-0.3, -0.25) is 0 Å². The monoisotopic (exact) mass is 305 g/mol. The second-order valence-electron chi connectivity index (χ2n) is 5.65. The highest BCUT2D eigenvalue weighted by Gasteiger charge is 2.36. The molecule has 0 aliphatic heterocycles. The van der Waals surface area contributed by atoms with Gasteiger partial charge in [0.15, 0.2) is 11.5 Å². The first-order valence-electron chi connectivity index (χ1n) is 7.63. The van der Waals surface area contributed by atoms with Crippen LogP contribution in [0.15, 0.2) is 18.6 Å².